The highest BCUT2D eigenvalue weighted by atomic mass is 35.5. The fourth-order valence-corrected chi connectivity index (χ4v) is 2.17. The number of carbonyl (C=O) groups is 1. The molecule has 3 aromatic rings. The third-order valence-corrected chi connectivity index (χ3v) is 3.18. The molecule has 2 heterocycles. The van der Waals surface area contributed by atoms with Gasteiger partial charge in [-0.3, -0.25) is 14.9 Å². The molecular formula is C15H10ClN3O. The lowest BCUT2D eigenvalue weighted by Gasteiger charge is -2.03. The van der Waals surface area contributed by atoms with Gasteiger partial charge in [0.1, 0.15) is 5.69 Å². The minimum atomic E-state index is -0.142. The zero-order valence-electron chi connectivity index (χ0n) is 10.4. The normalized spacial score (nSPS) is 10.4. The fraction of sp³-hybridized carbons (Fsp3) is 0. The van der Waals surface area contributed by atoms with Gasteiger partial charge in [-0.2, -0.15) is 5.10 Å². The van der Waals surface area contributed by atoms with Gasteiger partial charge in [-0.25, -0.2) is 0 Å². The van der Waals surface area contributed by atoms with Gasteiger partial charge in [0.25, 0.3) is 0 Å². The molecule has 3 rings (SSSR count). The highest BCUT2D eigenvalue weighted by Crippen LogP contribution is 2.24. The Labute approximate surface area is 120 Å². The molecular weight excluding hydrogens is 274 g/mol. The van der Waals surface area contributed by atoms with Gasteiger partial charge in [0.05, 0.1) is 6.20 Å². The van der Waals surface area contributed by atoms with E-state index in [2.05, 4.69) is 15.2 Å². The van der Waals surface area contributed by atoms with E-state index in [0.717, 1.165) is 11.1 Å². The average Bonchev–Trinajstić information content (AvgIpc) is 2.97. The highest BCUT2D eigenvalue weighted by molar-refractivity contribution is 6.31. The van der Waals surface area contributed by atoms with E-state index in [4.69, 9.17) is 11.6 Å². The quantitative estimate of drug-likeness (QED) is 0.750. The van der Waals surface area contributed by atoms with Crippen LogP contribution in [0.2, 0.25) is 5.02 Å². The second-order valence-electron chi connectivity index (χ2n) is 4.23. The Kier molecular flexibility index (Phi) is 3.31. The molecule has 0 bridgehead atoms. The summed E-state index contributed by atoms with van der Waals surface area (Å²) in [5.74, 6) is -0.142. The van der Waals surface area contributed by atoms with Crippen LogP contribution in [0.4, 0.5) is 0 Å². The predicted molar refractivity (Wildman–Crippen MR) is 76.7 cm³/mol. The maximum absolute atomic E-state index is 12.5. The minimum Gasteiger partial charge on any atom is -0.287 e. The second kappa shape index (κ2) is 5.27. The van der Waals surface area contributed by atoms with Gasteiger partial charge >= 0.3 is 0 Å². The smallest absolute Gasteiger partial charge is 0.211 e. The molecule has 1 aromatic carbocycles. The van der Waals surface area contributed by atoms with Gasteiger partial charge < -0.3 is 0 Å². The number of H-pyrrole nitrogens is 1. The fourth-order valence-electron chi connectivity index (χ4n) is 1.98. The molecule has 1 N–H and O–H groups in total. The average molecular weight is 284 g/mol. The summed E-state index contributed by atoms with van der Waals surface area (Å²) < 4.78 is 0. The number of pyridine rings is 1. The van der Waals surface area contributed by atoms with Crippen LogP contribution in [0, 0.1) is 0 Å². The van der Waals surface area contributed by atoms with E-state index in [1.807, 2.05) is 12.1 Å². The van der Waals surface area contributed by atoms with E-state index >= 15 is 0 Å². The maximum Gasteiger partial charge on any atom is 0.211 e. The van der Waals surface area contributed by atoms with E-state index in [1.165, 1.54) is 0 Å². The summed E-state index contributed by atoms with van der Waals surface area (Å²) >= 11 is 5.92. The van der Waals surface area contributed by atoms with Crippen molar-refractivity contribution in [1.29, 1.82) is 0 Å². The standard InChI is InChI=1S/C15H10ClN3O/c16-12-3-1-2-11(8-12)15(20)14-13(9-18-19-14)10-4-6-17-7-5-10/h1-9H,(H,18,19). The molecule has 0 spiro atoms. The lowest BCUT2D eigenvalue weighted by molar-refractivity contribution is 0.103. The number of nitrogens with one attached hydrogen (secondary N) is 1. The number of halogens is 1. The number of nitrogens with zero attached hydrogens (tertiary/aromatic N) is 2. The summed E-state index contributed by atoms with van der Waals surface area (Å²) in [7, 11) is 0. The van der Waals surface area contributed by atoms with Gasteiger partial charge in [0.15, 0.2) is 0 Å². The Bertz CT molecular complexity index is 753. The van der Waals surface area contributed by atoms with Crippen LogP contribution in [0.1, 0.15) is 16.1 Å². The highest BCUT2D eigenvalue weighted by Gasteiger charge is 2.17. The van der Waals surface area contributed by atoms with Crippen molar-refractivity contribution in [1.82, 2.24) is 15.2 Å². The van der Waals surface area contributed by atoms with Crippen LogP contribution in [-0.4, -0.2) is 21.0 Å². The first-order valence-corrected chi connectivity index (χ1v) is 6.37. The van der Waals surface area contributed by atoms with Crippen LogP contribution >= 0.6 is 11.6 Å². The first-order chi connectivity index (χ1) is 9.75. The monoisotopic (exact) mass is 283 g/mol. The van der Waals surface area contributed by atoms with Crippen LogP contribution < -0.4 is 0 Å². The maximum atomic E-state index is 12.5. The van der Waals surface area contributed by atoms with Crippen LogP contribution in [0.25, 0.3) is 11.1 Å². The molecule has 98 valence electrons. The van der Waals surface area contributed by atoms with Crippen molar-refractivity contribution in [2.24, 2.45) is 0 Å². The van der Waals surface area contributed by atoms with Crippen LogP contribution in [0.5, 0.6) is 0 Å². The van der Waals surface area contributed by atoms with Crippen molar-refractivity contribution in [3.8, 4) is 11.1 Å². The minimum absolute atomic E-state index is 0.142. The summed E-state index contributed by atoms with van der Waals surface area (Å²) in [4.78, 5) is 16.5. The zero-order chi connectivity index (χ0) is 13.9. The molecule has 2 aromatic heterocycles. The van der Waals surface area contributed by atoms with Gasteiger partial charge in [-0.05, 0) is 29.8 Å². The topological polar surface area (TPSA) is 58.6 Å². The molecule has 0 aliphatic carbocycles. The third-order valence-electron chi connectivity index (χ3n) is 2.94. The molecule has 4 nitrogen and oxygen atoms in total. The van der Waals surface area contributed by atoms with Gasteiger partial charge in [0, 0.05) is 28.5 Å². The molecule has 0 unspecified atom stereocenters. The summed E-state index contributed by atoms with van der Waals surface area (Å²) in [5, 5.41) is 7.26. The lowest BCUT2D eigenvalue weighted by atomic mass is 10.0. The molecule has 0 radical (unpaired) electrons. The molecule has 0 saturated carbocycles. The van der Waals surface area contributed by atoms with Crippen LogP contribution in [0.3, 0.4) is 0 Å². The summed E-state index contributed by atoms with van der Waals surface area (Å²) in [5.41, 5.74) is 2.60. The van der Waals surface area contributed by atoms with Gasteiger partial charge in [0.2, 0.25) is 5.78 Å². The van der Waals surface area contributed by atoms with Crippen molar-refractivity contribution in [3.05, 3.63) is 71.3 Å². The van der Waals surface area contributed by atoms with Crippen molar-refractivity contribution >= 4 is 17.4 Å². The van der Waals surface area contributed by atoms with Crippen molar-refractivity contribution in [3.63, 3.8) is 0 Å². The van der Waals surface area contributed by atoms with E-state index in [1.54, 1.807) is 42.9 Å². The SMILES string of the molecule is O=C(c1cccc(Cl)c1)c1[nH]ncc1-c1ccncc1. The number of ketones is 1. The number of rotatable bonds is 3. The Hall–Kier alpha value is -2.46. The molecule has 0 aliphatic rings. The van der Waals surface area contributed by atoms with Crippen molar-refractivity contribution < 1.29 is 4.79 Å². The summed E-state index contributed by atoms with van der Waals surface area (Å²) in [6.07, 6.45) is 4.99. The molecule has 0 aliphatic heterocycles. The number of carbonyl (C=O) groups excluding carboxylic acids is 1. The number of hydrogen-bond donors (Lipinski definition) is 1. The van der Waals surface area contributed by atoms with E-state index in [0.29, 0.717) is 16.3 Å². The largest absolute Gasteiger partial charge is 0.287 e. The van der Waals surface area contributed by atoms with E-state index in [-0.39, 0.29) is 5.78 Å². The van der Waals surface area contributed by atoms with Crippen LogP contribution in [0.15, 0.2) is 55.0 Å². The van der Waals surface area contributed by atoms with E-state index < -0.39 is 0 Å². The molecule has 0 amide bonds. The Morgan fingerprint density at radius 1 is 1.15 bits per heavy atom. The number of benzene rings is 1. The molecule has 5 heteroatoms. The number of aromatic nitrogens is 3. The molecule has 0 saturated heterocycles. The first kappa shape index (κ1) is 12.6. The molecule has 20 heavy (non-hydrogen) atoms. The first-order valence-electron chi connectivity index (χ1n) is 6.00. The Balaban J connectivity index is 2.04. The van der Waals surface area contributed by atoms with E-state index in [9.17, 15) is 4.79 Å². The number of aromatic amines is 1. The van der Waals surface area contributed by atoms with Crippen molar-refractivity contribution in [2.75, 3.05) is 0 Å². The van der Waals surface area contributed by atoms with Gasteiger partial charge in [-0.15, -0.1) is 0 Å². The lowest BCUT2D eigenvalue weighted by Crippen LogP contribution is -2.03. The van der Waals surface area contributed by atoms with Crippen LogP contribution in [-0.2, 0) is 0 Å². The summed E-state index contributed by atoms with van der Waals surface area (Å²) in [6.45, 7) is 0. The van der Waals surface area contributed by atoms with Crippen molar-refractivity contribution in [2.45, 2.75) is 0 Å². The molecule has 0 atom stereocenters. The predicted octanol–water partition coefficient (Wildman–Crippen LogP) is 3.36. The van der Waals surface area contributed by atoms with Gasteiger partial charge in [-0.1, -0.05) is 23.7 Å². The number of hydrogen-bond acceptors (Lipinski definition) is 3. The Morgan fingerprint density at radius 2 is 1.95 bits per heavy atom. The second-order valence-corrected chi connectivity index (χ2v) is 4.67. The summed E-state index contributed by atoms with van der Waals surface area (Å²) in [6, 6.07) is 10.5. The third kappa shape index (κ3) is 2.33. The zero-order valence-corrected chi connectivity index (χ0v) is 11.1. The Morgan fingerprint density at radius 3 is 2.70 bits per heavy atom. The molecule has 0 fully saturated rings.